The lowest BCUT2D eigenvalue weighted by atomic mass is 9.80. The average Bonchev–Trinajstić information content (AvgIpc) is 2.62. The third-order valence-corrected chi connectivity index (χ3v) is 5.52. The first-order valence-corrected chi connectivity index (χ1v) is 8.73. The Kier molecular flexibility index (Phi) is 4.26. The van der Waals surface area contributed by atoms with Crippen molar-refractivity contribution in [1.29, 1.82) is 0 Å². The number of aliphatic hydroxyl groups is 2. The molecule has 2 fully saturated rings. The van der Waals surface area contributed by atoms with E-state index >= 15 is 0 Å². The van der Waals surface area contributed by atoms with E-state index in [4.69, 9.17) is 4.74 Å². The molecule has 2 atom stereocenters. The molecule has 1 aromatic heterocycles. The number of ether oxygens (including phenoxy) is 1. The molecule has 5 heteroatoms. The molecule has 1 spiro atoms. The number of aromatic nitrogens is 1. The van der Waals surface area contributed by atoms with Gasteiger partial charge in [-0.1, -0.05) is 24.3 Å². The van der Waals surface area contributed by atoms with E-state index in [0.717, 1.165) is 43.4 Å². The molecule has 2 aliphatic heterocycles. The molecular formula is C19H24N2O3. The largest absolute Gasteiger partial charge is 0.390 e. The minimum atomic E-state index is -0.771. The summed E-state index contributed by atoms with van der Waals surface area (Å²) in [6.45, 7) is 3.09. The van der Waals surface area contributed by atoms with Crippen LogP contribution in [0.15, 0.2) is 36.5 Å². The Balaban J connectivity index is 1.46. The maximum atomic E-state index is 10.4. The van der Waals surface area contributed by atoms with Crippen molar-refractivity contribution in [1.82, 2.24) is 9.88 Å². The molecule has 2 saturated heterocycles. The second kappa shape index (κ2) is 6.41. The number of nitrogens with zero attached hydrogens (tertiary/aromatic N) is 2. The first-order chi connectivity index (χ1) is 11.7. The molecular weight excluding hydrogens is 304 g/mol. The molecule has 0 aliphatic carbocycles. The highest BCUT2D eigenvalue weighted by molar-refractivity contribution is 5.81. The summed E-state index contributed by atoms with van der Waals surface area (Å²) >= 11 is 0. The van der Waals surface area contributed by atoms with Gasteiger partial charge in [-0.15, -0.1) is 0 Å². The molecule has 2 N–H and O–H groups in total. The van der Waals surface area contributed by atoms with E-state index in [9.17, 15) is 10.2 Å². The fourth-order valence-electron chi connectivity index (χ4n) is 4.04. The molecule has 128 valence electrons. The standard InChI is InChI=1S/C19H24N2O3/c22-16-6-12-24-19(18(16)23)7-10-21(11-8-19)13-15-4-1-3-14-5-2-9-20-17(14)15/h1-5,9,16,18,22-23H,6-8,10-13H2/t16-,18-/m0/s1. The number of pyridine rings is 1. The fraction of sp³-hybridized carbons (Fsp3) is 0.526. The predicted octanol–water partition coefficient (Wildman–Crippen LogP) is 1.71. The topological polar surface area (TPSA) is 65.8 Å². The zero-order chi connectivity index (χ0) is 16.6. The molecule has 4 rings (SSSR count). The quantitative estimate of drug-likeness (QED) is 0.879. The van der Waals surface area contributed by atoms with Crippen LogP contribution in [0.4, 0.5) is 0 Å². The second-order valence-electron chi connectivity index (χ2n) is 6.98. The highest BCUT2D eigenvalue weighted by Crippen LogP contribution is 2.36. The summed E-state index contributed by atoms with van der Waals surface area (Å²) in [6.07, 6.45) is 2.44. The number of hydrogen-bond acceptors (Lipinski definition) is 5. The maximum Gasteiger partial charge on any atom is 0.109 e. The maximum absolute atomic E-state index is 10.4. The number of piperidine rings is 1. The Labute approximate surface area is 141 Å². The predicted molar refractivity (Wildman–Crippen MR) is 91.6 cm³/mol. The summed E-state index contributed by atoms with van der Waals surface area (Å²) in [5.41, 5.74) is 1.73. The minimum Gasteiger partial charge on any atom is -0.390 e. The molecule has 2 aromatic rings. The van der Waals surface area contributed by atoms with Gasteiger partial charge >= 0.3 is 0 Å². The first kappa shape index (κ1) is 16.0. The number of para-hydroxylation sites is 1. The van der Waals surface area contributed by atoms with Gasteiger partial charge in [0.25, 0.3) is 0 Å². The molecule has 0 radical (unpaired) electrons. The van der Waals surface area contributed by atoms with E-state index < -0.39 is 17.8 Å². The monoisotopic (exact) mass is 328 g/mol. The summed E-state index contributed by atoms with van der Waals surface area (Å²) in [5.74, 6) is 0. The van der Waals surface area contributed by atoms with Crippen LogP contribution in [0.5, 0.6) is 0 Å². The summed E-state index contributed by atoms with van der Waals surface area (Å²) in [6, 6.07) is 10.4. The molecule has 0 bridgehead atoms. The summed E-state index contributed by atoms with van der Waals surface area (Å²) < 4.78 is 5.91. The van der Waals surface area contributed by atoms with E-state index in [-0.39, 0.29) is 0 Å². The van der Waals surface area contributed by atoms with Gasteiger partial charge < -0.3 is 14.9 Å². The van der Waals surface area contributed by atoms with Crippen LogP contribution < -0.4 is 0 Å². The molecule has 1 aromatic carbocycles. The van der Waals surface area contributed by atoms with Gasteiger partial charge in [-0.05, 0) is 30.9 Å². The Hall–Kier alpha value is -1.53. The van der Waals surface area contributed by atoms with Gasteiger partial charge in [0, 0.05) is 31.2 Å². The molecule has 5 nitrogen and oxygen atoms in total. The number of aliphatic hydroxyl groups excluding tert-OH is 2. The number of likely N-dealkylation sites (tertiary alicyclic amines) is 1. The van der Waals surface area contributed by atoms with E-state index in [1.54, 1.807) is 0 Å². The lowest BCUT2D eigenvalue weighted by molar-refractivity contribution is -0.214. The third-order valence-electron chi connectivity index (χ3n) is 5.52. The molecule has 2 aliphatic rings. The second-order valence-corrected chi connectivity index (χ2v) is 6.98. The van der Waals surface area contributed by atoms with Crippen LogP contribution in [0.3, 0.4) is 0 Å². The van der Waals surface area contributed by atoms with Crippen LogP contribution in [0.2, 0.25) is 0 Å². The van der Waals surface area contributed by atoms with Gasteiger partial charge in [0.05, 0.1) is 23.8 Å². The van der Waals surface area contributed by atoms with Gasteiger partial charge in [-0.2, -0.15) is 0 Å². The normalized spacial score (nSPS) is 27.6. The van der Waals surface area contributed by atoms with Gasteiger partial charge in [-0.3, -0.25) is 9.88 Å². The van der Waals surface area contributed by atoms with E-state index in [0.29, 0.717) is 13.0 Å². The van der Waals surface area contributed by atoms with Crippen LogP contribution in [-0.4, -0.2) is 57.6 Å². The number of benzene rings is 1. The highest BCUT2D eigenvalue weighted by Gasteiger charge is 2.47. The Bertz CT molecular complexity index is 707. The SMILES string of the molecule is O[C@H]1CCOC2(CCN(Cc3cccc4cccnc34)CC2)[C@H]1O. The van der Waals surface area contributed by atoms with Crippen LogP contribution >= 0.6 is 0 Å². The van der Waals surface area contributed by atoms with Crippen LogP contribution in [0.25, 0.3) is 10.9 Å². The zero-order valence-corrected chi connectivity index (χ0v) is 13.8. The van der Waals surface area contributed by atoms with Crippen molar-refractivity contribution in [3.63, 3.8) is 0 Å². The van der Waals surface area contributed by atoms with Crippen molar-refractivity contribution >= 4 is 10.9 Å². The van der Waals surface area contributed by atoms with Gasteiger partial charge in [0.1, 0.15) is 6.10 Å². The van der Waals surface area contributed by atoms with Crippen LogP contribution in [-0.2, 0) is 11.3 Å². The Morgan fingerprint density at radius 3 is 2.79 bits per heavy atom. The van der Waals surface area contributed by atoms with E-state index in [2.05, 4.69) is 34.1 Å². The molecule has 3 heterocycles. The minimum absolute atomic E-state index is 0.522. The summed E-state index contributed by atoms with van der Waals surface area (Å²) in [4.78, 5) is 6.91. The zero-order valence-electron chi connectivity index (χ0n) is 13.8. The third kappa shape index (κ3) is 2.82. The van der Waals surface area contributed by atoms with Gasteiger partial charge in [-0.25, -0.2) is 0 Å². The van der Waals surface area contributed by atoms with E-state index in [1.165, 1.54) is 5.56 Å². The fourth-order valence-corrected chi connectivity index (χ4v) is 4.04. The highest BCUT2D eigenvalue weighted by atomic mass is 16.5. The summed E-state index contributed by atoms with van der Waals surface area (Å²) in [7, 11) is 0. The van der Waals surface area contributed by atoms with E-state index in [1.807, 2.05) is 12.3 Å². The average molecular weight is 328 g/mol. The van der Waals surface area contributed by atoms with Crippen molar-refractivity contribution < 1.29 is 14.9 Å². The van der Waals surface area contributed by atoms with Crippen molar-refractivity contribution in [2.75, 3.05) is 19.7 Å². The lowest BCUT2D eigenvalue weighted by Crippen LogP contribution is -2.59. The molecule has 0 saturated carbocycles. The number of rotatable bonds is 2. The van der Waals surface area contributed by atoms with Gasteiger partial charge in [0.15, 0.2) is 0 Å². The van der Waals surface area contributed by atoms with Crippen molar-refractivity contribution in [3.8, 4) is 0 Å². The Morgan fingerprint density at radius 2 is 1.96 bits per heavy atom. The first-order valence-electron chi connectivity index (χ1n) is 8.73. The number of fused-ring (bicyclic) bond motifs is 1. The summed E-state index contributed by atoms with van der Waals surface area (Å²) in [5, 5.41) is 21.5. The molecule has 0 unspecified atom stereocenters. The van der Waals surface area contributed by atoms with Crippen molar-refractivity contribution in [2.45, 2.75) is 43.6 Å². The van der Waals surface area contributed by atoms with Crippen molar-refractivity contribution in [3.05, 3.63) is 42.1 Å². The van der Waals surface area contributed by atoms with Gasteiger partial charge in [0.2, 0.25) is 0 Å². The molecule has 0 amide bonds. The van der Waals surface area contributed by atoms with Crippen molar-refractivity contribution in [2.24, 2.45) is 0 Å². The Morgan fingerprint density at radius 1 is 1.17 bits per heavy atom. The number of hydrogen-bond donors (Lipinski definition) is 2. The smallest absolute Gasteiger partial charge is 0.109 e. The lowest BCUT2D eigenvalue weighted by Gasteiger charge is -2.48. The molecule has 24 heavy (non-hydrogen) atoms. The van der Waals surface area contributed by atoms with Crippen LogP contribution in [0, 0.1) is 0 Å². The van der Waals surface area contributed by atoms with Crippen LogP contribution in [0.1, 0.15) is 24.8 Å².